The zero-order valence-electron chi connectivity index (χ0n) is 13.2. The van der Waals surface area contributed by atoms with Crippen LogP contribution in [0, 0.1) is 0 Å². The number of sulfone groups is 2. The molecule has 25 heavy (non-hydrogen) atoms. The minimum atomic E-state index is -4.00. The summed E-state index contributed by atoms with van der Waals surface area (Å²) in [5.74, 6) is -0.689. The monoisotopic (exact) mass is 471 g/mol. The molecular weight excluding hydrogens is 454 g/mol. The third-order valence-corrected chi connectivity index (χ3v) is 10.6. The summed E-state index contributed by atoms with van der Waals surface area (Å²) in [6.45, 7) is 0. The molecule has 0 radical (unpaired) electrons. The molecular formula is C14H18BrNO6S3. The first kappa shape index (κ1) is 19.3. The van der Waals surface area contributed by atoms with E-state index in [0.29, 0.717) is 4.47 Å². The van der Waals surface area contributed by atoms with Gasteiger partial charge in [-0.2, -0.15) is 4.31 Å². The Balaban J connectivity index is 2.03. The number of nitrogens with zero attached hydrogens (tertiary/aromatic N) is 1. The van der Waals surface area contributed by atoms with Gasteiger partial charge in [0, 0.05) is 16.6 Å². The van der Waals surface area contributed by atoms with E-state index in [1.54, 1.807) is 12.1 Å². The summed E-state index contributed by atoms with van der Waals surface area (Å²) >= 11 is 3.24. The fourth-order valence-electron chi connectivity index (χ4n) is 3.37. The number of hydrogen-bond donors (Lipinski definition) is 0. The summed E-state index contributed by atoms with van der Waals surface area (Å²) in [4.78, 5) is 0.0318. The quantitative estimate of drug-likeness (QED) is 0.643. The van der Waals surface area contributed by atoms with Gasteiger partial charge in [0.15, 0.2) is 19.7 Å². The average molecular weight is 472 g/mol. The number of hydrogen-bond acceptors (Lipinski definition) is 6. The molecule has 140 valence electrons. The van der Waals surface area contributed by atoms with Gasteiger partial charge in [-0.25, -0.2) is 25.3 Å². The predicted molar refractivity (Wildman–Crippen MR) is 97.3 cm³/mol. The predicted octanol–water partition coefficient (Wildman–Crippen LogP) is 0.814. The van der Waals surface area contributed by atoms with E-state index in [1.807, 2.05) is 0 Å². The van der Waals surface area contributed by atoms with E-state index >= 15 is 0 Å². The molecule has 2 saturated heterocycles. The van der Waals surface area contributed by atoms with Crippen LogP contribution in [-0.2, 0) is 29.7 Å². The maximum absolute atomic E-state index is 13.2. The summed E-state index contributed by atoms with van der Waals surface area (Å²) < 4.78 is 75.6. The molecule has 0 N–H and O–H groups in total. The molecule has 2 atom stereocenters. The minimum absolute atomic E-state index is 0.0318. The van der Waals surface area contributed by atoms with Crippen LogP contribution in [0.4, 0.5) is 0 Å². The Bertz CT molecular complexity index is 926. The van der Waals surface area contributed by atoms with Crippen LogP contribution >= 0.6 is 15.9 Å². The number of sulfonamides is 1. The Labute approximate surface area is 156 Å². The summed E-state index contributed by atoms with van der Waals surface area (Å²) in [5, 5.41) is 0. The van der Waals surface area contributed by atoms with Crippen LogP contribution < -0.4 is 0 Å². The van der Waals surface area contributed by atoms with Crippen LogP contribution in [0.5, 0.6) is 0 Å². The third-order valence-electron chi connectivity index (χ3n) is 4.53. The van der Waals surface area contributed by atoms with Crippen molar-refractivity contribution in [2.24, 2.45) is 0 Å². The van der Waals surface area contributed by atoms with Gasteiger partial charge in [0.2, 0.25) is 10.0 Å². The summed E-state index contributed by atoms with van der Waals surface area (Å²) in [6.07, 6.45) is 0.378. The molecule has 0 aliphatic carbocycles. The first-order valence-corrected chi connectivity index (χ1v) is 13.6. The first-order chi connectivity index (χ1) is 11.5. The Morgan fingerprint density at radius 1 is 0.880 bits per heavy atom. The Morgan fingerprint density at radius 3 is 1.68 bits per heavy atom. The summed E-state index contributed by atoms with van der Waals surface area (Å²) in [6, 6.07) is 4.58. The highest BCUT2D eigenvalue weighted by Gasteiger charge is 2.45. The zero-order valence-corrected chi connectivity index (χ0v) is 17.2. The molecule has 2 fully saturated rings. The minimum Gasteiger partial charge on any atom is -0.229 e. The number of halogens is 1. The molecule has 0 unspecified atom stereocenters. The number of benzene rings is 1. The molecule has 2 heterocycles. The van der Waals surface area contributed by atoms with Crippen LogP contribution in [0.15, 0.2) is 33.6 Å². The molecule has 0 amide bonds. The van der Waals surface area contributed by atoms with E-state index in [4.69, 9.17) is 0 Å². The molecule has 1 aromatic carbocycles. The zero-order chi connectivity index (χ0) is 18.5. The highest BCUT2D eigenvalue weighted by atomic mass is 79.9. The molecule has 0 saturated carbocycles. The topological polar surface area (TPSA) is 106 Å². The van der Waals surface area contributed by atoms with E-state index in [1.165, 1.54) is 12.1 Å². The normalized spacial score (nSPS) is 28.4. The molecule has 1 aromatic rings. The van der Waals surface area contributed by atoms with Crippen LogP contribution in [0.25, 0.3) is 0 Å². The lowest BCUT2D eigenvalue weighted by atomic mass is 10.2. The highest BCUT2D eigenvalue weighted by Crippen LogP contribution is 2.31. The van der Waals surface area contributed by atoms with Crippen molar-refractivity contribution in [3.05, 3.63) is 28.7 Å². The lowest BCUT2D eigenvalue weighted by Gasteiger charge is -2.32. The van der Waals surface area contributed by atoms with Crippen LogP contribution in [0.1, 0.15) is 12.8 Å². The largest absolute Gasteiger partial charge is 0.243 e. The standard InChI is InChI=1S/C14H18BrNO6S3/c15-11-1-3-14(4-2-11)25(21,22)16(12-5-7-23(17,18)9-12)13-6-8-24(19,20)10-13/h1-4,12-13H,5-10H2/t12-,13-/m0/s1. The van der Waals surface area contributed by atoms with E-state index in [0.717, 1.165) is 4.31 Å². The lowest BCUT2D eigenvalue weighted by molar-refractivity contribution is 0.280. The second-order valence-electron chi connectivity index (χ2n) is 6.40. The molecule has 3 rings (SSSR count). The molecule has 0 bridgehead atoms. The molecule has 2 aliphatic heterocycles. The molecule has 0 aromatic heterocycles. The lowest BCUT2D eigenvalue weighted by Crippen LogP contribution is -2.48. The van der Waals surface area contributed by atoms with Gasteiger partial charge >= 0.3 is 0 Å². The van der Waals surface area contributed by atoms with E-state index in [-0.39, 0.29) is 40.7 Å². The molecule has 11 heteroatoms. The summed E-state index contributed by atoms with van der Waals surface area (Å²) in [7, 11) is -10.6. The number of rotatable bonds is 4. The van der Waals surface area contributed by atoms with E-state index in [2.05, 4.69) is 15.9 Å². The Kier molecular flexibility index (Phi) is 5.08. The van der Waals surface area contributed by atoms with Gasteiger partial charge in [-0.15, -0.1) is 0 Å². The van der Waals surface area contributed by atoms with Gasteiger partial charge in [-0.05, 0) is 37.1 Å². The Hall–Kier alpha value is -0.490. The summed E-state index contributed by atoms with van der Waals surface area (Å²) in [5.41, 5.74) is 0. The fourth-order valence-corrected chi connectivity index (χ4v) is 9.12. The molecule has 7 nitrogen and oxygen atoms in total. The second-order valence-corrected chi connectivity index (χ2v) is 13.6. The average Bonchev–Trinajstić information content (AvgIpc) is 3.02. The van der Waals surface area contributed by atoms with E-state index in [9.17, 15) is 25.3 Å². The van der Waals surface area contributed by atoms with Gasteiger partial charge in [0.05, 0.1) is 27.9 Å². The van der Waals surface area contributed by atoms with Crippen molar-refractivity contribution in [2.45, 2.75) is 29.8 Å². The molecule has 0 spiro atoms. The Morgan fingerprint density at radius 2 is 1.32 bits per heavy atom. The van der Waals surface area contributed by atoms with Crippen molar-refractivity contribution in [3.63, 3.8) is 0 Å². The smallest absolute Gasteiger partial charge is 0.229 e. The van der Waals surface area contributed by atoms with Crippen molar-refractivity contribution in [3.8, 4) is 0 Å². The highest BCUT2D eigenvalue weighted by molar-refractivity contribution is 9.10. The third kappa shape index (κ3) is 4.10. The van der Waals surface area contributed by atoms with Crippen molar-refractivity contribution in [1.29, 1.82) is 0 Å². The van der Waals surface area contributed by atoms with Crippen LogP contribution in [0.2, 0.25) is 0 Å². The maximum atomic E-state index is 13.2. The van der Waals surface area contributed by atoms with E-state index < -0.39 is 41.8 Å². The second kappa shape index (κ2) is 6.59. The van der Waals surface area contributed by atoms with Gasteiger partial charge in [-0.1, -0.05) is 15.9 Å². The van der Waals surface area contributed by atoms with Crippen LogP contribution in [0.3, 0.4) is 0 Å². The fraction of sp³-hybridized carbons (Fsp3) is 0.571. The molecule has 2 aliphatic rings. The van der Waals surface area contributed by atoms with Crippen molar-refractivity contribution >= 4 is 45.6 Å². The maximum Gasteiger partial charge on any atom is 0.243 e. The van der Waals surface area contributed by atoms with Gasteiger partial charge < -0.3 is 0 Å². The first-order valence-electron chi connectivity index (χ1n) is 7.70. The van der Waals surface area contributed by atoms with Gasteiger partial charge in [-0.3, -0.25) is 0 Å². The van der Waals surface area contributed by atoms with Crippen molar-refractivity contribution < 1.29 is 25.3 Å². The van der Waals surface area contributed by atoms with Crippen LogP contribution in [-0.4, -0.2) is 64.7 Å². The van der Waals surface area contributed by atoms with Gasteiger partial charge in [0.25, 0.3) is 0 Å². The van der Waals surface area contributed by atoms with Crippen molar-refractivity contribution in [2.75, 3.05) is 23.0 Å². The van der Waals surface area contributed by atoms with Crippen molar-refractivity contribution in [1.82, 2.24) is 4.31 Å². The SMILES string of the molecule is O=S1(=O)CC[C@H](N([C@H]2CCS(=O)(=O)C2)S(=O)(=O)c2ccc(Br)cc2)C1. The van der Waals surface area contributed by atoms with Gasteiger partial charge in [0.1, 0.15) is 0 Å².